The maximum Gasteiger partial charge on any atom is 0.220 e. The zero-order chi connectivity index (χ0) is 20.9. The van der Waals surface area contributed by atoms with Gasteiger partial charge >= 0.3 is 0 Å². The first-order valence-corrected chi connectivity index (χ1v) is 9.76. The molecule has 0 fully saturated rings. The molecule has 1 unspecified atom stereocenters. The van der Waals surface area contributed by atoms with Gasteiger partial charge in [-0.2, -0.15) is 0 Å². The Bertz CT molecular complexity index is 1040. The van der Waals surface area contributed by atoms with Gasteiger partial charge in [0, 0.05) is 41.9 Å². The molecule has 1 N–H and O–H groups in total. The van der Waals surface area contributed by atoms with E-state index in [0.717, 1.165) is 16.9 Å². The summed E-state index contributed by atoms with van der Waals surface area (Å²) in [5.74, 6) is 1.01. The molecule has 1 atom stereocenters. The number of nitrogens with one attached hydrogen (secondary N) is 1. The lowest BCUT2D eigenvalue weighted by atomic mass is 10.0. The number of fused-ring (bicyclic) bond motifs is 1. The third-order valence-electron chi connectivity index (χ3n) is 5.04. The number of aromatic nitrogens is 2. The highest BCUT2D eigenvalue weighted by molar-refractivity contribution is 5.76. The SMILES string of the molecule is COc1cccc(CCC(=O)NCC2Cc3cc(F)cc(-c4cncnc4)c3O2)c1. The molecule has 30 heavy (non-hydrogen) atoms. The van der Waals surface area contributed by atoms with E-state index in [1.807, 2.05) is 24.3 Å². The lowest BCUT2D eigenvalue weighted by molar-refractivity contribution is -0.121. The van der Waals surface area contributed by atoms with Crippen LogP contribution in [-0.2, 0) is 17.6 Å². The van der Waals surface area contributed by atoms with Crippen LogP contribution in [0.15, 0.2) is 55.1 Å². The first-order valence-electron chi connectivity index (χ1n) is 9.76. The van der Waals surface area contributed by atoms with Crippen molar-refractivity contribution in [3.63, 3.8) is 0 Å². The van der Waals surface area contributed by atoms with Crippen molar-refractivity contribution in [2.24, 2.45) is 0 Å². The number of rotatable bonds is 7. The third kappa shape index (κ3) is 4.56. The van der Waals surface area contributed by atoms with Gasteiger partial charge in [0.15, 0.2) is 0 Å². The summed E-state index contributed by atoms with van der Waals surface area (Å²) in [4.78, 5) is 20.3. The molecule has 1 aliphatic heterocycles. The van der Waals surface area contributed by atoms with Gasteiger partial charge in [-0.05, 0) is 36.2 Å². The van der Waals surface area contributed by atoms with Gasteiger partial charge in [-0.25, -0.2) is 14.4 Å². The molecule has 0 aliphatic carbocycles. The summed E-state index contributed by atoms with van der Waals surface area (Å²) in [6.07, 6.45) is 5.95. The summed E-state index contributed by atoms with van der Waals surface area (Å²) in [6.45, 7) is 0.359. The fourth-order valence-corrected chi connectivity index (χ4v) is 3.56. The van der Waals surface area contributed by atoms with Crippen LogP contribution in [0.1, 0.15) is 17.5 Å². The Morgan fingerprint density at radius 1 is 1.27 bits per heavy atom. The molecule has 0 bridgehead atoms. The maximum atomic E-state index is 14.1. The quantitative estimate of drug-likeness (QED) is 0.650. The predicted octanol–water partition coefficient (Wildman–Crippen LogP) is 3.34. The number of aryl methyl sites for hydroxylation is 1. The van der Waals surface area contributed by atoms with Crippen molar-refractivity contribution in [1.29, 1.82) is 0 Å². The number of halogens is 1. The molecule has 0 spiro atoms. The van der Waals surface area contributed by atoms with Gasteiger partial charge in [-0.15, -0.1) is 0 Å². The lowest BCUT2D eigenvalue weighted by Gasteiger charge is -2.13. The van der Waals surface area contributed by atoms with Crippen molar-refractivity contribution in [1.82, 2.24) is 15.3 Å². The number of carbonyl (C=O) groups excluding carboxylic acids is 1. The first kappa shape index (κ1) is 19.8. The van der Waals surface area contributed by atoms with Crippen LogP contribution in [0, 0.1) is 5.82 Å². The highest BCUT2D eigenvalue weighted by Crippen LogP contribution is 2.39. The molecular weight excluding hydrogens is 385 g/mol. The standard InChI is InChI=1S/C23H22FN3O3/c1-29-19-4-2-3-15(7-19)5-6-22(28)27-13-20-9-16-8-18(24)10-21(23(16)30-20)17-11-25-14-26-12-17/h2-4,7-8,10-12,14,20H,5-6,9,13H2,1H3,(H,27,28). The van der Waals surface area contributed by atoms with Crippen LogP contribution in [0.4, 0.5) is 4.39 Å². The summed E-state index contributed by atoms with van der Waals surface area (Å²) in [5, 5.41) is 2.92. The predicted molar refractivity (Wildman–Crippen MR) is 110 cm³/mol. The Kier molecular flexibility index (Phi) is 5.88. The van der Waals surface area contributed by atoms with Crippen molar-refractivity contribution in [2.45, 2.75) is 25.4 Å². The molecule has 1 aromatic heterocycles. The van der Waals surface area contributed by atoms with Crippen molar-refractivity contribution in [3.8, 4) is 22.6 Å². The lowest BCUT2D eigenvalue weighted by Crippen LogP contribution is -2.34. The maximum absolute atomic E-state index is 14.1. The molecule has 154 valence electrons. The third-order valence-corrected chi connectivity index (χ3v) is 5.04. The van der Waals surface area contributed by atoms with E-state index in [0.29, 0.717) is 42.7 Å². The average molecular weight is 407 g/mol. The summed E-state index contributed by atoms with van der Waals surface area (Å²) in [7, 11) is 1.62. The van der Waals surface area contributed by atoms with Gasteiger partial charge < -0.3 is 14.8 Å². The number of nitrogens with zero attached hydrogens (tertiary/aromatic N) is 2. The molecule has 0 radical (unpaired) electrons. The van der Waals surface area contributed by atoms with Crippen LogP contribution in [0.5, 0.6) is 11.5 Å². The van der Waals surface area contributed by atoms with Gasteiger partial charge in [-0.1, -0.05) is 12.1 Å². The second-order valence-corrected chi connectivity index (χ2v) is 7.17. The Morgan fingerprint density at radius 2 is 2.10 bits per heavy atom. The van der Waals surface area contributed by atoms with Crippen LogP contribution in [0.25, 0.3) is 11.1 Å². The smallest absolute Gasteiger partial charge is 0.220 e. The molecule has 4 rings (SSSR count). The number of hydrogen-bond donors (Lipinski definition) is 1. The van der Waals surface area contributed by atoms with Gasteiger partial charge in [0.2, 0.25) is 5.91 Å². The second-order valence-electron chi connectivity index (χ2n) is 7.17. The van der Waals surface area contributed by atoms with Crippen molar-refractivity contribution >= 4 is 5.91 Å². The van der Waals surface area contributed by atoms with E-state index < -0.39 is 0 Å². The molecule has 0 saturated carbocycles. The molecule has 1 amide bonds. The fraction of sp³-hybridized carbons (Fsp3) is 0.261. The first-order chi connectivity index (χ1) is 14.6. The van der Waals surface area contributed by atoms with Crippen LogP contribution >= 0.6 is 0 Å². The number of methoxy groups -OCH3 is 1. The number of carbonyl (C=O) groups is 1. The van der Waals surface area contributed by atoms with Crippen LogP contribution in [0.2, 0.25) is 0 Å². The molecule has 6 nitrogen and oxygen atoms in total. The Labute approximate surface area is 174 Å². The molecule has 2 aromatic carbocycles. The van der Waals surface area contributed by atoms with E-state index >= 15 is 0 Å². The van der Waals surface area contributed by atoms with Crippen LogP contribution < -0.4 is 14.8 Å². The highest BCUT2D eigenvalue weighted by Gasteiger charge is 2.27. The van der Waals surface area contributed by atoms with E-state index in [2.05, 4.69) is 15.3 Å². The summed E-state index contributed by atoms with van der Waals surface area (Å²) < 4.78 is 25.3. The highest BCUT2D eigenvalue weighted by atomic mass is 19.1. The minimum absolute atomic E-state index is 0.0553. The molecular formula is C23H22FN3O3. The summed E-state index contributed by atoms with van der Waals surface area (Å²) in [6, 6.07) is 10.6. The van der Waals surface area contributed by atoms with Gasteiger partial charge in [0.1, 0.15) is 29.7 Å². The monoisotopic (exact) mass is 407 g/mol. The van der Waals surface area contributed by atoms with Crippen LogP contribution in [-0.4, -0.2) is 35.6 Å². The van der Waals surface area contributed by atoms with E-state index in [-0.39, 0.29) is 17.8 Å². The number of hydrogen-bond acceptors (Lipinski definition) is 5. The van der Waals surface area contributed by atoms with E-state index in [4.69, 9.17) is 9.47 Å². The zero-order valence-electron chi connectivity index (χ0n) is 16.6. The molecule has 1 aliphatic rings. The summed E-state index contributed by atoms with van der Waals surface area (Å²) >= 11 is 0. The minimum Gasteiger partial charge on any atom is -0.497 e. The number of ether oxygens (including phenoxy) is 2. The topological polar surface area (TPSA) is 73.3 Å². The van der Waals surface area contributed by atoms with E-state index in [9.17, 15) is 9.18 Å². The number of amides is 1. The molecule has 0 saturated heterocycles. The van der Waals surface area contributed by atoms with Crippen molar-refractivity contribution in [3.05, 3.63) is 72.1 Å². The summed E-state index contributed by atoms with van der Waals surface area (Å²) in [5.41, 5.74) is 3.14. The van der Waals surface area contributed by atoms with Crippen molar-refractivity contribution in [2.75, 3.05) is 13.7 Å². The second kappa shape index (κ2) is 8.90. The Balaban J connectivity index is 1.34. The Hall–Kier alpha value is -3.48. The fourth-order valence-electron chi connectivity index (χ4n) is 3.56. The Morgan fingerprint density at radius 3 is 2.90 bits per heavy atom. The van der Waals surface area contributed by atoms with E-state index in [1.165, 1.54) is 18.5 Å². The van der Waals surface area contributed by atoms with Gasteiger partial charge in [-0.3, -0.25) is 4.79 Å². The van der Waals surface area contributed by atoms with E-state index in [1.54, 1.807) is 19.5 Å². The number of benzene rings is 2. The van der Waals surface area contributed by atoms with Gasteiger partial charge in [0.05, 0.1) is 13.7 Å². The molecule has 7 heteroatoms. The van der Waals surface area contributed by atoms with Crippen molar-refractivity contribution < 1.29 is 18.7 Å². The average Bonchev–Trinajstić information content (AvgIpc) is 3.19. The normalized spacial score (nSPS) is 14.7. The zero-order valence-corrected chi connectivity index (χ0v) is 16.6. The largest absolute Gasteiger partial charge is 0.497 e. The molecule has 2 heterocycles. The van der Waals surface area contributed by atoms with Gasteiger partial charge in [0.25, 0.3) is 0 Å². The minimum atomic E-state index is -0.334. The van der Waals surface area contributed by atoms with Crippen LogP contribution in [0.3, 0.4) is 0 Å². The molecule has 3 aromatic rings.